The number of carbonyl (C=O) groups is 2. The third-order valence-corrected chi connectivity index (χ3v) is 6.07. The van der Waals surface area contributed by atoms with E-state index in [4.69, 9.17) is 13.9 Å². The lowest BCUT2D eigenvalue weighted by Crippen LogP contribution is -2.29. The van der Waals surface area contributed by atoms with Crippen LogP contribution in [0.1, 0.15) is 49.1 Å². The van der Waals surface area contributed by atoms with Gasteiger partial charge in [-0.05, 0) is 60.5 Å². The summed E-state index contributed by atoms with van der Waals surface area (Å²) < 4.78 is 30.3. The molecular weight excluding hydrogens is 465 g/mol. The molecule has 36 heavy (non-hydrogen) atoms. The summed E-state index contributed by atoms with van der Waals surface area (Å²) in [5, 5.41) is 11.1. The standard InChI is InChI=1S/C28H28FNO6/c1-3-4-5-14-36-22-13-10-19(16-23(22)34-2)25-24(26(31)18-8-11-20(29)12-9-18)27(32)28(33)30(25)17-21-7-6-15-35-21/h6-13,15-16,25,31H,3-5,14,17H2,1-2H3/b26-24-. The molecule has 0 radical (unpaired) electrons. The van der Waals surface area contributed by atoms with E-state index in [0.717, 1.165) is 19.3 Å². The van der Waals surface area contributed by atoms with E-state index in [1.54, 1.807) is 30.3 Å². The van der Waals surface area contributed by atoms with Gasteiger partial charge in [-0.2, -0.15) is 0 Å². The van der Waals surface area contributed by atoms with Gasteiger partial charge in [0.2, 0.25) is 0 Å². The van der Waals surface area contributed by atoms with Gasteiger partial charge in [0.1, 0.15) is 17.3 Å². The van der Waals surface area contributed by atoms with E-state index in [0.29, 0.717) is 29.4 Å². The average Bonchev–Trinajstić information content (AvgIpc) is 3.49. The molecule has 0 bridgehead atoms. The van der Waals surface area contributed by atoms with Gasteiger partial charge < -0.3 is 23.9 Å². The summed E-state index contributed by atoms with van der Waals surface area (Å²) in [5.74, 6) is -1.04. The molecule has 1 unspecified atom stereocenters. The quantitative estimate of drug-likeness (QED) is 0.171. The Labute approximate surface area is 208 Å². The molecule has 2 heterocycles. The topological polar surface area (TPSA) is 89.2 Å². The summed E-state index contributed by atoms with van der Waals surface area (Å²) >= 11 is 0. The van der Waals surface area contributed by atoms with Gasteiger partial charge >= 0.3 is 0 Å². The monoisotopic (exact) mass is 493 g/mol. The number of amides is 1. The molecular formula is C28H28FNO6. The van der Waals surface area contributed by atoms with Gasteiger partial charge in [-0.25, -0.2) is 4.39 Å². The van der Waals surface area contributed by atoms with E-state index in [2.05, 4.69) is 6.92 Å². The molecule has 2 aromatic carbocycles. The molecule has 1 aromatic heterocycles. The molecule has 7 nitrogen and oxygen atoms in total. The largest absolute Gasteiger partial charge is 0.507 e. The fraction of sp³-hybridized carbons (Fsp3) is 0.286. The summed E-state index contributed by atoms with van der Waals surface area (Å²) in [6.45, 7) is 2.66. The Hall–Kier alpha value is -4.07. The Kier molecular flexibility index (Phi) is 7.73. The molecule has 1 aliphatic heterocycles. The second-order valence-corrected chi connectivity index (χ2v) is 8.48. The summed E-state index contributed by atoms with van der Waals surface area (Å²) in [5.41, 5.74) is 0.666. The van der Waals surface area contributed by atoms with E-state index < -0.39 is 23.5 Å². The first-order chi connectivity index (χ1) is 17.4. The molecule has 0 aliphatic carbocycles. The van der Waals surface area contributed by atoms with E-state index in [9.17, 15) is 19.1 Å². The van der Waals surface area contributed by atoms with Crippen LogP contribution in [0.15, 0.2) is 70.9 Å². The number of hydrogen-bond donors (Lipinski definition) is 1. The second kappa shape index (κ2) is 11.1. The number of ether oxygens (including phenoxy) is 2. The molecule has 1 aliphatic rings. The smallest absolute Gasteiger partial charge is 0.296 e. The van der Waals surface area contributed by atoms with Crippen LogP contribution in [0.2, 0.25) is 0 Å². The first-order valence-electron chi connectivity index (χ1n) is 11.8. The number of aliphatic hydroxyl groups excluding tert-OH is 1. The van der Waals surface area contributed by atoms with E-state index in [-0.39, 0.29) is 23.4 Å². The molecule has 1 N–H and O–H groups in total. The van der Waals surface area contributed by atoms with Crippen molar-refractivity contribution < 1.29 is 33.0 Å². The van der Waals surface area contributed by atoms with Crippen LogP contribution in [-0.4, -0.2) is 35.4 Å². The van der Waals surface area contributed by atoms with Gasteiger partial charge in [0.15, 0.2) is 11.5 Å². The molecule has 0 saturated carbocycles. The zero-order chi connectivity index (χ0) is 25.7. The van der Waals surface area contributed by atoms with Crippen LogP contribution >= 0.6 is 0 Å². The number of ketones is 1. The summed E-state index contributed by atoms with van der Waals surface area (Å²) in [7, 11) is 1.51. The number of halogens is 1. The zero-order valence-electron chi connectivity index (χ0n) is 20.2. The Morgan fingerprint density at radius 3 is 2.53 bits per heavy atom. The van der Waals surface area contributed by atoms with E-state index in [1.165, 1.54) is 42.5 Å². The van der Waals surface area contributed by atoms with Crippen molar-refractivity contribution in [1.29, 1.82) is 0 Å². The predicted molar refractivity (Wildman–Crippen MR) is 131 cm³/mol. The van der Waals surface area contributed by atoms with Crippen LogP contribution in [0.5, 0.6) is 11.5 Å². The molecule has 4 rings (SSSR count). The van der Waals surface area contributed by atoms with Crippen LogP contribution in [-0.2, 0) is 16.1 Å². The number of unbranched alkanes of at least 4 members (excludes halogenated alkanes) is 2. The number of benzene rings is 2. The summed E-state index contributed by atoms with van der Waals surface area (Å²) in [4.78, 5) is 27.6. The fourth-order valence-corrected chi connectivity index (χ4v) is 4.23. The number of methoxy groups -OCH3 is 1. The maximum absolute atomic E-state index is 13.5. The van der Waals surface area contributed by atoms with E-state index in [1.807, 2.05) is 0 Å². The highest BCUT2D eigenvalue weighted by atomic mass is 19.1. The van der Waals surface area contributed by atoms with Crippen molar-refractivity contribution in [2.75, 3.05) is 13.7 Å². The predicted octanol–water partition coefficient (Wildman–Crippen LogP) is 5.62. The minimum absolute atomic E-state index is 0.0139. The summed E-state index contributed by atoms with van der Waals surface area (Å²) in [6.07, 6.45) is 4.50. The van der Waals surface area contributed by atoms with Crippen LogP contribution in [0.4, 0.5) is 4.39 Å². The van der Waals surface area contributed by atoms with Gasteiger partial charge in [-0.1, -0.05) is 25.8 Å². The van der Waals surface area contributed by atoms with Crippen LogP contribution in [0, 0.1) is 5.82 Å². The number of aliphatic hydroxyl groups is 1. The Morgan fingerprint density at radius 2 is 1.86 bits per heavy atom. The molecule has 8 heteroatoms. The highest BCUT2D eigenvalue weighted by Gasteiger charge is 2.46. The lowest BCUT2D eigenvalue weighted by molar-refractivity contribution is -0.140. The third kappa shape index (κ3) is 5.12. The lowest BCUT2D eigenvalue weighted by Gasteiger charge is -2.25. The van der Waals surface area contributed by atoms with Gasteiger partial charge in [-0.15, -0.1) is 0 Å². The van der Waals surface area contributed by atoms with Crippen LogP contribution in [0.3, 0.4) is 0 Å². The number of furan rings is 1. The molecule has 1 amide bonds. The average molecular weight is 494 g/mol. The number of hydrogen-bond acceptors (Lipinski definition) is 6. The highest BCUT2D eigenvalue weighted by Crippen LogP contribution is 2.42. The molecule has 3 aromatic rings. The molecule has 1 fully saturated rings. The Bertz CT molecular complexity index is 1250. The van der Waals surface area contributed by atoms with E-state index >= 15 is 0 Å². The third-order valence-electron chi connectivity index (χ3n) is 6.07. The molecule has 1 atom stereocenters. The first-order valence-corrected chi connectivity index (χ1v) is 11.8. The lowest BCUT2D eigenvalue weighted by atomic mass is 9.95. The van der Waals surface area contributed by atoms with Crippen LogP contribution in [0.25, 0.3) is 5.76 Å². The van der Waals surface area contributed by atoms with Crippen molar-refractivity contribution >= 4 is 17.4 Å². The Balaban J connectivity index is 1.78. The number of likely N-dealkylation sites (tertiary alicyclic amines) is 1. The number of carbonyl (C=O) groups excluding carboxylic acids is 2. The minimum Gasteiger partial charge on any atom is -0.507 e. The van der Waals surface area contributed by atoms with Gasteiger partial charge in [-0.3, -0.25) is 9.59 Å². The SMILES string of the molecule is CCCCCOc1ccc(C2/C(=C(/O)c3ccc(F)cc3)C(=O)C(=O)N2Cc2ccco2)cc1OC. The van der Waals surface area contributed by atoms with Crippen molar-refractivity contribution in [2.45, 2.75) is 38.8 Å². The maximum atomic E-state index is 13.5. The van der Waals surface area contributed by atoms with Crippen molar-refractivity contribution in [3.05, 3.63) is 89.1 Å². The second-order valence-electron chi connectivity index (χ2n) is 8.48. The zero-order valence-corrected chi connectivity index (χ0v) is 20.2. The maximum Gasteiger partial charge on any atom is 0.296 e. The van der Waals surface area contributed by atoms with Crippen molar-refractivity contribution in [3.8, 4) is 11.5 Å². The van der Waals surface area contributed by atoms with Crippen molar-refractivity contribution in [2.24, 2.45) is 0 Å². The molecule has 0 spiro atoms. The highest BCUT2D eigenvalue weighted by molar-refractivity contribution is 6.46. The van der Waals surface area contributed by atoms with Gasteiger partial charge in [0.25, 0.3) is 11.7 Å². The summed E-state index contributed by atoms with van der Waals surface area (Å²) in [6, 6.07) is 12.7. The molecule has 188 valence electrons. The number of rotatable bonds is 10. The number of Topliss-reactive ketones (excluding diaryl/α,β-unsaturated/α-hetero) is 1. The number of nitrogens with zero attached hydrogens (tertiary/aromatic N) is 1. The van der Waals surface area contributed by atoms with Gasteiger partial charge in [0.05, 0.1) is 38.1 Å². The minimum atomic E-state index is -0.928. The van der Waals surface area contributed by atoms with Crippen molar-refractivity contribution in [3.63, 3.8) is 0 Å². The first kappa shape index (κ1) is 25.0. The molecule has 1 saturated heterocycles. The van der Waals surface area contributed by atoms with Crippen molar-refractivity contribution in [1.82, 2.24) is 4.90 Å². The normalized spacial score (nSPS) is 17.0. The van der Waals surface area contributed by atoms with Gasteiger partial charge in [0, 0.05) is 5.56 Å². The fourth-order valence-electron chi connectivity index (χ4n) is 4.23. The van der Waals surface area contributed by atoms with Crippen LogP contribution < -0.4 is 9.47 Å². The Morgan fingerprint density at radius 1 is 1.08 bits per heavy atom.